The molecule has 0 spiro atoms. The normalized spacial score (nSPS) is 15.5. The maximum atomic E-state index is 11.7. The molecule has 0 bridgehead atoms. The first-order chi connectivity index (χ1) is 7.54. The molecule has 0 heterocycles. The summed E-state index contributed by atoms with van der Waals surface area (Å²) >= 11 is 0. The number of rotatable bonds is 5. The molecule has 0 aliphatic rings. The van der Waals surface area contributed by atoms with Gasteiger partial charge in [-0.3, -0.25) is 9.59 Å². The molecule has 0 radical (unpaired) electrons. The lowest BCUT2D eigenvalue weighted by Crippen LogP contribution is -2.44. The first-order valence-corrected chi connectivity index (χ1v) is 5.76. The fraction of sp³-hybridized carbons (Fsp3) is 0.833. The van der Waals surface area contributed by atoms with Gasteiger partial charge in [0.1, 0.15) is 5.60 Å². The lowest BCUT2D eigenvalue weighted by molar-refractivity contribution is -0.167. The summed E-state index contributed by atoms with van der Waals surface area (Å²) in [5, 5.41) is 9.04. The Bertz CT molecular complexity index is 281. The molecular formula is C12H23NO4. The van der Waals surface area contributed by atoms with E-state index >= 15 is 0 Å². The average Bonchev–Trinajstić information content (AvgIpc) is 1.96. The number of ether oxygens (including phenoxy) is 1. The van der Waals surface area contributed by atoms with Crippen molar-refractivity contribution in [3.8, 4) is 0 Å². The minimum atomic E-state index is -1.29. The third-order valence-electron chi connectivity index (χ3n) is 2.10. The van der Waals surface area contributed by atoms with Crippen molar-refractivity contribution in [2.75, 3.05) is 0 Å². The summed E-state index contributed by atoms with van der Waals surface area (Å²) in [5.74, 6) is -3.06. The number of carbonyl (C=O) groups excluding carboxylic acids is 1. The SMILES string of the molecule is CC(C)CC(N)[C@@H](C(=O)O)C(=O)OC(C)(C)C. The van der Waals surface area contributed by atoms with Crippen LogP contribution in [-0.2, 0) is 14.3 Å². The molecule has 0 saturated carbocycles. The van der Waals surface area contributed by atoms with Crippen LogP contribution in [0.5, 0.6) is 0 Å². The van der Waals surface area contributed by atoms with Crippen molar-refractivity contribution < 1.29 is 19.4 Å². The van der Waals surface area contributed by atoms with Gasteiger partial charge in [0.15, 0.2) is 5.92 Å². The zero-order valence-electron chi connectivity index (χ0n) is 11.2. The molecule has 0 aromatic heterocycles. The summed E-state index contributed by atoms with van der Waals surface area (Å²) < 4.78 is 5.06. The Labute approximate surface area is 102 Å². The van der Waals surface area contributed by atoms with Gasteiger partial charge in [-0.25, -0.2) is 0 Å². The Hall–Kier alpha value is -1.10. The highest BCUT2D eigenvalue weighted by atomic mass is 16.6. The summed E-state index contributed by atoms with van der Waals surface area (Å²) in [6.45, 7) is 8.93. The van der Waals surface area contributed by atoms with Gasteiger partial charge in [-0.2, -0.15) is 0 Å². The largest absolute Gasteiger partial charge is 0.481 e. The van der Waals surface area contributed by atoms with Crippen molar-refractivity contribution in [3.63, 3.8) is 0 Å². The van der Waals surface area contributed by atoms with E-state index in [0.717, 1.165) is 0 Å². The van der Waals surface area contributed by atoms with Crippen LogP contribution >= 0.6 is 0 Å². The minimum Gasteiger partial charge on any atom is -0.481 e. The van der Waals surface area contributed by atoms with E-state index in [-0.39, 0.29) is 5.92 Å². The predicted octanol–water partition coefficient (Wildman–Crippen LogP) is 1.40. The number of carboxylic acids is 1. The third kappa shape index (κ3) is 6.26. The second-order valence-corrected chi connectivity index (χ2v) is 5.64. The average molecular weight is 245 g/mol. The van der Waals surface area contributed by atoms with Crippen LogP contribution in [0, 0.1) is 11.8 Å². The topological polar surface area (TPSA) is 89.6 Å². The summed E-state index contributed by atoms with van der Waals surface area (Å²) in [5.41, 5.74) is 5.05. The van der Waals surface area contributed by atoms with Gasteiger partial charge in [-0.1, -0.05) is 13.8 Å². The molecule has 17 heavy (non-hydrogen) atoms. The van der Waals surface area contributed by atoms with E-state index in [2.05, 4.69) is 0 Å². The minimum absolute atomic E-state index is 0.231. The van der Waals surface area contributed by atoms with Gasteiger partial charge >= 0.3 is 11.9 Å². The quantitative estimate of drug-likeness (QED) is 0.564. The molecule has 0 amide bonds. The van der Waals surface area contributed by atoms with Crippen LogP contribution in [0.4, 0.5) is 0 Å². The second kappa shape index (κ2) is 6.00. The van der Waals surface area contributed by atoms with Crippen molar-refractivity contribution in [2.45, 2.75) is 52.7 Å². The highest BCUT2D eigenvalue weighted by molar-refractivity contribution is 5.95. The van der Waals surface area contributed by atoms with E-state index in [0.29, 0.717) is 6.42 Å². The Morgan fingerprint density at radius 2 is 1.76 bits per heavy atom. The van der Waals surface area contributed by atoms with Crippen molar-refractivity contribution in [1.29, 1.82) is 0 Å². The lowest BCUT2D eigenvalue weighted by Gasteiger charge is -2.25. The Morgan fingerprint density at radius 1 is 1.29 bits per heavy atom. The molecule has 0 rings (SSSR count). The van der Waals surface area contributed by atoms with Crippen LogP contribution in [-0.4, -0.2) is 28.7 Å². The van der Waals surface area contributed by atoms with Gasteiger partial charge in [-0.05, 0) is 33.1 Å². The molecule has 0 aliphatic carbocycles. The number of carboxylic acid groups (broad SMARTS) is 1. The van der Waals surface area contributed by atoms with E-state index in [1.165, 1.54) is 0 Å². The Kier molecular flexibility index (Phi) is 5.61. The van der Waals surface area contributed by atoms with Crippen LogP contribution in [0.2, 0.25) is 0 Å². The van der Waals surface area contributed by atoms with Gasteiger partial charge in [0.05, 0.1) is 0 Å². The van der Waals surface area contributed by atoms with Gasteiger partial charge in [0.2, 0.25) is 0 Å². The first-order valence-electron chi connectivity index (χ1n) is 5.76. The zero-order chi connectivity index (χ0) is 13.8. The Morgan fingerprint density at radius 3 is 2.06 bits per heavy atom. The molecule has 0 fully saturated rings. The molecule has 3 N–H and O–H groups in total. The van der Waals surface area contributed by atoms with Crippen molar-refractivity contribution in [2.24, 2.45) is 17.6 Å². The lowest BCUT2D eigenvalue weighted by atomic mass is 9.92. The molecule has 2 atom stereocenters. The fourth-order valence-corrected chi connectivity index (χ4v) is 1.50. The predicted molar refractivity (Wildman–Crippen MR) is 64.4 cm³/mol. The van der Waals surface area contributed by atoms with Crippen molar-refractivity contribution in [1.82, 2.24) is 0 Å². The van der Waals surface area contributed by atoms with E-state index in [4.69, 9.17) is 15.6 Å². The number of hydrogen-bond donors (Lipinski definition) is 2. The summed E-state index contributed by atoms with van der Waals surface area (Å²) in [7, 11) is 0. The fourth-order valence-electron chi connectivity index (χ4n) is 1.50. The molecule has 1 unspecified atom stereocenters. The molecule has 5 nitrogen and oxygen atoms in total. The van der Waals surface area contributed by atoms with Crippen LogP contribution in [0.1, 0.15) is 41.0 Å². The maximum absolute atomic E-state index is 11.7. The van der Waals surface area contributed by atoms with Crippen molar-refractivity contribution in [3.05, 3.63) is 0 Å². The van der Waals surface area contributed by atoms with Crippen LogP contribution < -0.4 is 5.73 Å². The zero-order valence-corrected chi connectivity index (χ0v) is 11.2. The van der Waals surface area contributed by atoms with Crippen LogP contribution in [0.25, 0.3) is 0 Å². The molecule has 0 aromatic carbocycles. The number of carbonyl (C=O) groups is 2. The molecule has 0 saturated heterocycles. The van der Waals surface area contributed by atoms with Gasteiger partial charge in [0, 0.05) is 6.04 Å². The second-order valence-electron chi connectivity index (χ2n) is 5.64. The maximum Gasteiger partial charge on any atom is 0.322 e. The Balaban J connectivity index is 4.74. The third-order valence-corrected chi connectivity index (χ3v) is 2.10. The van der Waals surface area contributed by atoms with Gasteiger partial charge in [-0.15, -0.1) is 0 Å². The number of nitrogens with two attached hydrogens (primary N) is 1. The van der Waals surface area contributed by atoms with Crippen LogP contribution in [0.15, 0.2) is 0 Å². The monoisotopic (exact) mass is 245 g/mol. The summed E-state index contributed by atoms with van der Waals surface area (Å²) in [6.07, 6.45) is 0.468. The highest BCUT2D eigenvalue weighted by Crippen LogP contribution is 2.17. The molecule has 0 aromatic rings. The van der Waals surface area contributed by atoms with Gasteiger partial charge in [0.25, 0.3) is 0 Å². The smallest absolute Gasteiger partial charge is 0.322 e. The summed E-state index contributed by atoms with van der Waals surface area (Å²) in [6, 6.07) is -0.720. The van der Waals surface area contributed by atoms with E-state index in [1.807, 2.05) is 13.8 Å². The van der Waals surface area contributed by atoms with Gasteiger partial charge < -0.3 is 15.6 Å². The summed E-state index contributed by atoms with van der Waals surface area (Å²) in [4.78, 5) is 22.8. The van der Waals surface area contributed by atoms with Crippen molar-refractivity contribution >= 4 is 11.9 Å². The molecule has 100 valence electrons. The molecular weight excluding hydrogens is 222 g/mol. The number of esters is 1. The van der Waals surface area contributed by atoms with E-state index in [9.17, 15) is 9.59 Å². The van der Waals surface area contributed by atoms with E-state index in [1.54, 1.807) is 20.8 Å². The van der Waals surface area contributed by atoms with E-state index < -0.39 is 29.5 Å². The highest BCUT2D eigenvalue weighted by Gasteiger charge is 2.36. The first kappa shape index (κ1) is 15.9. The molecule has 5 heteroatoms. The van der Waals surface area contributed by atoms with Crippen LogP contribution in [0.3, 0.4) is 0 Å². The number of hydrogen-bond acceptors (Lipinski definition) is 4. The molecule has 0 aliphatic heterocycles. The number of aliphatic carboxylic acids is 1. The standard InChI is InChI=1S/C12H23NO4/c1-7(2)6-8(13)9(10(14)15)11(16)17-12(3,4)5/h7-9H,6,13H2,1-5H3,(H,14,15)/t8?,9-/m0/s1.